The number of nitrogens with one attached hydrogen (secondary N) is 2. The molecule has 0 fully saturated rings. The molecule has 0 unspecified atom stereocenters. The van der Waals surface area contributed by atoms with Crippen LogP contribution < -0.4 is 21.4 Å². The molecule has 36 heavy (non-hydrogen) atoms. The van der Waals surface area contributed by atoms with Crippen molar-refractivity contribution in [2.75, 3.05) is 12.0 Å². The van der Waals surface area contributed by atoms with Crippen LogP contribution in [0.3, 0.4) is 0 Å². The molecule has 0 radical (unpaired) electrons. The van der Waals surface area contributed by atoms with Crippen LogP contribution >= 0.6 is 31.9 Å². The lowest BCUT2D eigenvalue weighted by atomic mass is 10.2. The van der Waals surface area contributed by atoms with E-state index in [9.17, 15) is 14.7 Å². The molecule has 4 aromatic rings. The molecule has 0 spiro atoms. The highest BCUT2D eigenvalue weighted by atomic mass is 79.9. The lowest BCUT2D eigenvalue weighted by Gasteiger charge is -2.15. The van der Waals surface area contributed by atoms with Gasteiger partial charge in [0, 0.05) is 16.0 Å². The van der Waals surface area contributed by atoms with E-state index in [1.54, 1.807) is 12.1 Å². The minimum absolute atomic E-state index is 0.0287. The lowest BCUT2D eigenvalue weighted by Crippen LogP contribution is -2.30. The molecule has 186 valence electrons. The Kier molecular flexibility index (Phi) is 8.18. The van der Waals surface area contributed by atoms with Gasteiger partial charge in [0.1, 0.15) is 18.5 Å². The summed E-state index contributed by atoms with van der Waals surface area (Å²) in [7, 11) is 1.50. The summed E-state index contributed by atoms with van der Waals surface area (Å²) in [5.74, 6) is 0.765. The zero-order chi connectivity index (χ0) is 25.7. The van der Waals surface area contributed by atoms with Crippen molar-refractivity contribution < 1.29 is 9.84 Å². The number of nitrogens with zero attached hydrogens (tertiary/aromatic N) is 4. The number of hydrogen-bond donors (Lipinski definition) is 3. The molecule has 4 rings (SSSR count). The molecule has 0 bridgehead atoms. The topological polar surface area (TPSA) is 127 Å². The van der Waals surface area contributed by atoms with Gasteiger partial charge in [-0.2, -0.15) is 10.1 Å². The third kappa shape index (κ3) is 6.20. The second-order valence-corrected chi connectivity index (χ2v) is 9.60. The van der Waals surface area contributed by atoms with Crippen LogP contribution in [0.4, 0.5) is 5.95 Å². The van der Waals surface area contributed by atoms with Gasteiger partial charge in [0.05, 0.1) is 12.8 Å². The van der Waals surface area contributed by atoms with E-state index in [4.69, 9.17) is 4.74 Å². The van der Waals surface area contributed by atoms with Crippen LogP contribution in [0.1, 0.15) is 5.56 Å². The number of aromatic nitrogens is 4. The first-order chi connectivity index (χ1) is 17.3. The number of H-pyrrole nitrogens is 1. The zero-order valence-corrected chi connectivity index (χ0v) is 22.2. The molecule has 10 nitrogen and oxygen atoms in total. The Morgan fingerprint density at radius 1 is 1.22 bits per heavy atom. The predicted octanol–water partition coefficient (Wildman–Crippen LogP) is 3.46. The second kappa shape index (κ2) is 11.5. The van der Waals surface area contributed by atoms with Crippen molar-refractivity contribution in [1.82, 2.24) is 19.1 Å². The monoisotopic (exact) mass is 616 g/mol. The number of imidazole rings is 1. The Morgan fingerprint density at radius 3 is 2.67 bits per heavy atom. The number of aliphatic hydroxyl groups excluding tert-OH is 1. The van der Waals surface area contributed by atoms with Crippen LogP contribution in [-0.2, 0) is 13.6 Å². The fraction of sp³-hybridized carbons (Fsp3) is 0.167. The van der Waals surface area contributed by atoms with Gasteiger partial charge in [-0.3, -0.25) is 14.3 Å². The molecular formula is C24H22Br2N6O4. The highest BCUT2D eigenvalue weighted by Crippen LogP contribution is 2.19. The molecule has 2 aromatic heterocycles. The number of aromatic amines is 1. The van der Waals surface area contributed by atoms with E-state index >= 15 is 0 Å². The van der Waals surface area contributed by atoms with E-state index in [0.717, 1.165) is 10.0 Å². The second-order valence-electron chi connectivity index (χ2n) is 7.77. The number of halogens is 2. The Bertz CT molecular complexity index is 1520. The Hall–Kier alpha value is -3.48. The largest absolute Gasteiger partial charge is 0.491 e. The smallest absolute Gasteiger partial charge is 0.329 e. The Labute approximate surface area is 222 Å². The molecule has 0 aliphatic heterocycles. The van der Waals surface area contributed by atoms with Crippen molar-refractivity contribution in [3.63, 3.8) is 0 Å². The maximum Gasteiger partial charge on any atom is 0.329 e. The average Bonchev–Trinajstić information content (AvgIpc) is 3.21. The maximum atomic E-state index is 12.6. The first kappa shape index (κ1) is 25.6. The number of anilines is 1. The molecule has 3 N–H and O–H groups in total. The maximum absolute atomic E-state index is 12.6. The van der Waals surface area contributed by atoms with E-state index in [0.29, 0.717) is 10.2 Å². The molecule has 1 atom stereocenters. The number of allylic oxidation sites excluding steroid dienone is 1. The molecule has 12 heteroatoms. The van der Waals surface area contributed by atoms with Crippen molar-refractivity contribution >= 4 is 61.3 Å². The first-order valence-electron chi connectivity index (χ1n) is 10.8. The van der Waals surface area contributed by atoms with Gasteiger partial charge >= 0.3 is 5.69 Å². The number of hydrazone groups is 1. The SMILES string of the molecule is Cn1c(=O)[nH]c(=O)c2c1nc(N/N=C\C(Br)=C\c1ccccc1)n2C[C@@H](O)COc1ccc(Br)cc1. The minimum atomic E-state index is -0.989. The highest BCUT2D eigenvalue weighted by Gasteiger charge is 2.20. The van der Waals surface area contributed by atoms with Crippen molar-refractivity contribution in [2.24, 2.45) is 12.1 Å². The summed E-state index contributed by atoms with van der Waals surface area (Å²) in [6.07, 6.45) is 2.43. The van der Waals surface area contributed by atoms with Gasteiger partial charge in [-0.1, -0.05) is 46.3 Å². The van der Waals surface area contributed by atoms with Gasteiger partial charge in [-0.25, -0.2) is 10.2 Å². The van der Waals surface area contributed by atoms with Crippen molar-refractivity contribution in [3.05, 3.63) is 90.0 Å². The van der Waals surface area contributed by atoms with Crippen LogP contribution in [0.5, 0.6) is 5.75 Å². The Morgan fingerprint density at radius 2 is 1.94 bits per heavy atom. The van der Waals surface area contributed by atoms with Crippen LogP contribution in [0.2, 0.25) is 0 Å². The number of benzene rings is 2. The minimum Gasteiger partial charge on any atom is -0.491 e. The summed E-state index contributed by atoms with van der Waals surface area (Å²) in [4.78, 5) is 31.4. The van der Waals surface area contributed by atoms with E-state index in [2.05, 4.69) is 52.4 Å². The van der Waals surface area contributed by atoms with E-state index in [-0.39, 0.29) is 30.3 Å². The molecular weight excluding hydrogens is 596 g/mol. The molecule has 2 aromatic carbocycles. The van der Waals surface area contributed by atoms with Crippen LogP contribution in [0.15, 0.2) is 78.2 Å². The van der Waals surface area contributed by atoms with Crippen molar-refractivity contribution in [1.29, 1.82) is 0 Å². The molecule has 0 saturated heterocycles. The third-order valence-electron chi connectivity index (χ3n) is 5.11. The summed E-state index contributed by atoms with van der Waals surface area (Å²) in [6.45, 7) is -0.0633. The Balaban J connectivity index is 1.58. The van der Waals surface area contributed by atoms with E-state index in [1.807, 2.05) is 48.5 Å². The summed E-state index contributed by atoms with van der Waals surface area (Å²) in [5.41, 5.74) is 2.85. The third-order valence-corrected chi connectivity index (χ3v) is 6.08. The van der Waals surface area contributed by atoms with Crippen LogP contribution in [-0.4, -0.2) is 43.1 Å². The summed E-state index contributed by atoms with van der Waals surface area (Å²) < 4.78 is 9.94. The first-order valence-corrected chi connectivity index (χ1v) is 12.4. The lowest BCUT2D eigenvalue weighted by molar-refractivity contribution is 0.0938. The van der Waals surface area contributed by atoms with E-state index in [1.165, 1.54) is 22.4 Å². The number of hydrogen-bond acceptors (Lipinski definition) is 7. The van der Waals surface area contributed by atoms with Gasteiger partial charge in [-0.05, 0) is 51.8 Å². The fourth-order valence-electron chi connectivity index (χ4n) is 3.38. The van der Waals surface area contributed by atoms with Gasteiger partial charge in [0.15, 0.2) is 11.2 Å². The van der Waals surface area contributed by atoms with Gasteiger partial charge < -0.3 is 14.4 Å². The van der Waals surface area contributed by atoms with Crippen molar-refractivity contribution in [2.45, 2.75) is 12.6 Å². The number of ether oxygens (including phenoxy) is 1. The van der Waals surface area contributed by atoms with E-state index < -0.39 is 17.4 Å². The fourth-order valence-corrected chi connectivity index (χ4v) is 4.01. The van der Waals surface area contributed by atoms with Crippen molar-refractivity contribution in [3.8, 4) is 5.75 Å². The van der Waals surface area contributed by atoms with Gasteiger partial charge in [-0.15, -0.1) is 0 Å². The molecule has 0 saturated carbocycles. The molecule has 0 amide bonds. The summed E-state index contributed by atoms with van der Waals surface area (Å²) >= 11 is 6.81. The number of aliphatic hydroxyl groups is 1. The number of aryl methyl sites for hydroxylation is 1. The average molecular weight is 618 g/mol. The number of rotatable bonds is 9. The molecule has 0 aliphatic rings. The van der Waals surface area contributed by atoms with Gasteiger partial charge in [0.2, 0.25) is 5.95 Å². The highest BCUT2D eigenvalue weighted by molar-refractivity contribution is 9.12. The molecule has 2 heterocycles. The quantitative estimate of drug-likeness (QED) is 0.195. The standard InChI is InChI=1S/C24H22Br2N6O4/c1-31-21-20(22(34)29-24(31)35)32(13-18(33)14-36-19-9-7-16(25)8-10-19)23(28-21)30-27-12-17(26)11-15-5-3-2-4-6-15/h2-12,18,33H,13-14H2,1H3,(H,28,30)(H,29,34,35)/b17-11-,27-12-/t18-/m1/s1. The predicted molar refractivity (Wildman–Crippen MR) is 147 cm³/mol. The normalized spacial score (nSPS) is 12.8. The van der Waals surface area contributed by atoms with Crippen LogP contribution in [0.25, 0.3) is 17.2 Å². The summed E-state index contributed by atoms with van der Waals surface area (Å²) in [5, 5.41) is 14.9. The summed E-state index contributed by atoms with van der Waals surface area (Å²) in [6, 6.07) is 16.9. The van der Waals surface area contributed by atoms with Crippen LogP contribution in [0, 0.1) is 0 Å². The molecule has 0 aliphatic carbocycles. The van der Waals surface area contributed by atoms with Gasteiger partial charge in [0.25, 0.3) is 5.56 Å². The zero-order valence-electron chi connectivity index (χ0n) is 19.1. The number of fused-ring (bicyclic) bond motifs is 1.